The standard InChI is InChI=1S/C23H14ClFN2O2S2/c24-16-6-4-14(5-7-16)12-20-22(29)27(23(30)31-20)19-3-1-2-15(13-19)21(28)26-18-10-8-17(25)9-11-18/h1-13H,(H,26,28)/b20-12+. The van der Waals surface area contributed by atoms with Crippen molar-refractivity contribution in [2.45, 2.75) is 0 Å². The van der Waals surface area contributed by atoms with Gasteiger partial charge in [-0.1, -0.05) is 53.8 Å². The summed E-state index contributed by atoms with van der Waals surface area (Å²) >= 11 is 12.5. The van der Waals surface area contributed by atoms with Crippen molar-refractivity contribution in [2.75, 3.05) is 10.2 Å². The number of halogens is 2. The number of thiocarbonyl (C=S) groups is 1. The lowest BCUT2D eigenvalue weighted by molar-refractivity contribution is -0.113. The van der Waals surface area contributed by atoms with Crippen molar-refractivity contribution < 1.29 is 14.0 Å². The van der Waals surface area contributed by atoms with Gasteiger partial charge in [-0.25, -0.2) is 4.39 Å². The van der Waals surface area contributed by atoms with Crippen LogP contribution < -0.4 is 10.2 Å². The molecule has 0 aromatic heterocycles. The second-order valence-corrected chi connectivity index (χ2v) is 8.69. The second-order valence-electron chi connectivity index (χ2n) is 6.58. The van der Waals surface area contributed by atoms with Gasteiger partial charge in [-0.2, -0.15) is 0 Å². The lowest BCUT2D eigenvalue weighted by atomic mass is 10.1. The summed E-state index contributed by atoms with van der Waals surface area (Å²) in [5.74, 6) is -1.03. The van der Waals surface area contributed by atoms with Gasteiger partial charge >= 0.3 is 0 Å². The van der Waals surface area contributed by atoms with E-state index in [-0.39, 0.29) is 17.6 Å². The van der Waals surface area contributed by atoms with Gasteiger partial charge in [-0.3, -0.25) is 14.5 Å². The Balaban J connectivity index is 1.56. The lowest BCUT2D eigenvalue weighted by Crippen LogP contribution is -2.27. The van der Waals surface area contributed by atoms with Crippen LogP contribution in [0.3, 0.4) is 0 Å². The van der Waals surface area contributed by atoms with Gasteiger partial charge in [0.2, 0.25) is 0 Å². The zero-order chi connectivity index (χ0) is 22.0. The van der Waals surface area contributed by atoms with Crippen LogP contribution in [0.15, 0.2) is 77.7 Å². The molecule has 0 bridgehead atoms. The molecule has 1 aliphatic heterocycles. The largest absolute Gasteiger partial charge is 0.322 e. The molecule has 0 saturated carbocycles. The molecule has 2 amide bonds. The number of nitrogens with zero attached hydrogens (tertiary/aromatic N) is 1. The number of carbonyl (C=O) groups excluding carboxylic acids is 2. The molecule has 0 spiro atoms. The van der Waals surface area contributed by atoms with E-state index in [9.17, 15) is 14.0 Å². The maximum atomic E-state index is 13.1. The van der Waals surface area contributed by atoms with Crippen molar-refractivity contribution in [3.63, 3.8) is 0 Å². The van der Waals surface area contributed by atoms with Crippen LogP contribution in [0, 0.1) is 5.82 Å². The highest BCUT2D eigenvalue weighted by Gasteiger charge is 2.33. The van der Waals surface area contributed by atoms with Crippen LogP contribution in [0.5, 0.6) is 0 Å². The zero-order valence-corrected chi connectivity index (χ0v) is 18.2. The third-order valence-electron chi connectivity index (χ3n) is 4.43. The number of rotatable bonds is 4. The molecule has 3 aromatic rings. The van der Waals surface area contributed by atoms with Crippen molar-refractivity contribution in [3.8, 4) is 0 Å². The molecule has 4 rings (SSSR count). The van der Waals surface area contributed by atoms with Crippen LogP contribution >= 0.6 is 35.6 Å². The first kappa shape index (κ1) is 21.2. The fourth-order valence-corrected chi connectivity index (χ4v) is 4.35. The Kier molecular flexibility index (Phi) is 6.18. The quantitative estimate of drug-likeness (QED) is 0.369. The molecule has 1 N–H and O–H groups in total. The maximum absolute atomic E-state index is 13.1. The van der Waals surface area contributed by atoms with Gasteiger partial charge in [0, 0.05) is 16.3 Å². The Morgan fingerprint density at radius 3 is 2.48 bits per heavy atom. The first-order chi connectivity index (χ1) is 14.9. The van der Waals surface area contributed by atoms with E-state index in [0.29, 0.717) is 31.2 Å². The first-order valence-corrected chi connectivity index (χ1v) is 10.7. The fraction of sp³-hybridized carbons (Fsp3) is 0. The predicted molar refractivity (Wildman–Crippen MR) is 128 cm³/mol. The highest BCUT2D eigenvalue weighted by molar-refractivity contribution is 8.27. The van der Waals surface area contributed by atoms with Gasteiger partial charge in [-0.05, 0) is 66.2 Å². The monoisotopic (exact) mass is 468 g/mol. The molecule has 0 aliphatic carbocycles. The van der Waals surface area contributed by atoms with Crippen LogP contribution in [-0.4, -0.2) is 16.1 Å². The Bertz CT molecular complexity index is 1210. The van der Waals surface area contributed by atoms with Gasteiger partial charge in [0.25, 0.3) is 11.8 Å². The molecule has 3 aromatic carbocycles. The zero-order valence-electron chi connectivity index (χ0n) is 15.8. The Morgan fingerprint density at radius 2 is 1.77 bits per heavy atom. The normalized spacial score (nSPS) is 14.9. The number of anilines is 2. The number of benzene rings is 3. The summed E-state index contributed by atoms with van der Waals surface area (Å²) < 4.78 is 13.4. The summed E-state index contributed by atoms with van der Waals surface area (Å²) in [6.07, 6.45) is 1.75. The highest BCUT2D eigenvalue weighted by atomic mass is 35.5. The molecule has 8 heteroatoms. The topological polar surface area (TPSA) is 49.4 Å². The summed E-state index contributed by atoms with van der Waals surface area (Å²) in [6, 6.07) is 19.2. The van der Waals surface area contributed by atoms with Gasteiger partial charge in [0.05, 0.1) is 10.6 Å². The number of nitrogens with one attached hydrogen (secondary N) is 1. The van der Waals surface area contributed by atoms with E-state index in [4.69, 9.17) is 23.8 Å². The van der Waals surface area contributed by atoms with Gasteiger partial charge in [0.15, 0.2) is 4.32 Å². The van der Waals surface area contributed by atoms with Crippen molar-refractivity contribution in [1.82, 2.24) is 0 Å². The lowest BCUT2D eigenvalue weighted by Gasteiger charge is -2.15. The Hall–Kier alpha value is -3.00. The third-order valence-corrected chi connectivity index (χ3v) is 5.98. The Labute approximate surface area is 192 Å². The van der Waals surface area contributed by atoms with E-state index < -0.39 is 0 Å². The number of hydrogen-bond acceptors (Lipinski definition) is 4. The minimum absolute atomic E-state index is 0.263. The van der Waals surface area contributed by atoms with E-state index in [1.807, 2.05) is 12.1 Å². The van der Waals surface area contributed by atoms with E-state index in [1.165, 1.54) is 40.9 Å². The maximum Gasteiger partial charge on any atom is 0.270 e. The van der Waals surface area contributed by atoms with Crippen LogP contribution in [0.2, 0.25) is 5.02 Å². The molecule has 0 atom stereocenters. The number of thioether (sulfide) groups is 1. The average molecular weight is 469 g/mol. The van der Waals surface area contributed by atoms with Crippen LogP contribution in [0.25, 0.3) is 6.08 Å². The molecule has 31 heavy (non-hydrogen) atoms. The average Bonchev–Trinajstić information content (AvgIpc) is 3.04. The molecule has 0 radical (unpaired) electrons. The molecule has 1 fully saturated rings. The molecule has 0 unspecified atom stereocenters. The number of carbonyl (C=O) groups is 2. The minimum Gasteiger partial charge on any atom is -0.322 e. The van der Waals surface area contributed by atoms with E-state index in [1.54, 1.807) is 42.5 Å². The number of hydrogen-bond donors (Lipinski definition) is 1. The van der Waals surface area contributed by atoms with E-state index in [2.05, 4.69) is 5.32 Å². The summed E-state index contributed by atoms with van der Waals surface area (Å²) in [5, 5.41) is 3.31. The van der Waals surface area contributed by atoms with Crippen LogP contribution in [0.1, 0.15) is 15.9 Å². The fourth-order valence-electron chi connectivity index (χ4n) is 2.92. The first-order valence-electron chi connectivity index (χ1n) is 9.11. The third kappa shape index (κ3) is 4.85. The van der Waals surface area contributed by atoms with Crippen LogP contribution in [-0.2, 0) is 4.79 Å². The molecular weight excluding hydrogens is 455 g/mol. The summed E-state index contributed by atoms with van der Waals surface area (Å²) in [6.45, 7) is 0. The van der Waals surface area contributed by atoms with Crippen molar-refractivity contribution in [1.29, 1.82) is 0 Å². The summed E-state index contributed by atoms with van der Waals surface area (Å²) in [4.78, 5) is 27.5. The molecule has 4 nitrogen and oxygen atoms in total. The van der Waals surface area contributed by atoms with Gasteiger partial charge < -0.3 is 5.32 Å². The molecule has 1 heterocycles. The highest BCUT2D eigenvalue weighted by Crippen LogP contribution is 2.36. The summed E-state index contributed by atoms with van der Waals surface area (Å²) in [5.41, 5.74) is 2.14. The number of amides is 2. The predicted octanol–water partition coefficient (Wildman–Crippen LogP) is 6.14. The Morgan fingerprint density at radius 1 is 1.06 bits per heavy atom. The minimum atomic E-state index is -0.388. The molecule has 154 valence electrons. The van der Waals surface area contributed by atoms with E-state index in [0.717, 1.165) is 5.56 Å². The smallest absolute Gasteiger partial charge is 0.270 e. The van der Waals surface area contributed by atoms with Crippen molar-refractivity contribution in [2.24, 2.45) is 0 Å². The summed E-state index contributed by atoms with van der Waals surface area (Å²) in [7, 11) is 0. The van der Waals surface area contributed by atoms with E-state index >= 15 is 0 Å². The second kappa shape index (κ2) is 9.01. The van der Waals surface area contributed by atoms with Crippen LogP contribution in [0.4, 0.5) is 15.8 Å². The molecule has 1 saturated heterocycles. The van der Waals surface area contributed by atoms with Crippen molar-refractivity contribution >= 4 is 69.2 Å². The van der Waals surface area contributed by atoms with Gasteiger partial charge in [-0.15, -0.1) is 0 Å². The SMILES string of the molecule is O=C(Nc1ccc(F)cc1)c1cccc(N2C(=O)/C(=C\c3ccc(Cl)cc3)SC2=S)c1. The van der Waals surface area contributed by atoms with Gasteiger partial charge in [0.1, 0.15) is 5.82 Å². The molecule has 1 aliphatic rings. The molecular formula is C23H14ClFN2O2S2. The van der Waals surface area contributed by atoms with Crippen molar-refractivity contribution in [3.05, 3.63) is 99.7 Å².